The van der Waals surface area contributed by atoms with Gasteiger partial charge in [0.2, 0.25) is 0 Å². The number of aliphatic imine (C=N–C) groups is 1. The first-order valence-electron chi connectivity index (χ1n) is 8.45. The van der Waals surface area contributed by atoms with Gasteiger partial charge in [-0.25, -0.2) is 4.98 Å². The Bertz CT molecular complexity index is 864. The Labute approximate surface area is 181 Å². The van der Waals surface area contributed by atoms with Crippen LogP contribution in [0.5, 0.6) is 0 Å². The van der Waals surface area contributed by atoms with E-state index in [0.717, 1.165) is 23.1 Å². The second-order valence-electron chi connectivity index (χ2n) is 5.96. The van der Waals surface area contributed by atoms with Gasteiger partial charge in [0.25, 0.3) is 0 Å². The summed E-state index contributed by atoms with van der Waals surface area (Å²) < 4.78 is 2.05. The molecule has 0 amide bonds. The largest absolute Gasteiger partial charge is 0.352 e. The van der Waals surface area contributed by atoms with Crippen LogP contribution >= 0.6 is 35.6 Å². The molecule has 0 aliphatic heterocycles. The van der Waals surface area contributed by atoms with Gasteiger partial charge >= 0.3 is 0 Å². The molecule has 1 aromatic heterocycles. The lowest BCUT2D eigenvalue weighted by Crippen LogP contribution is -2.36. The van der Waals surface area contributed by atoms with Crippen LogP contribution in [0, 0.1) is 0 Å². The predicted molar refractivity (Wildman–Crippen MR) is 122 cm³/mol. The normalized spacial score (nSPS) is 11.0. The summed E-state index contributed by atoms with van der Waals surface area (Å²) in [6.45, 7) is 2.18. The van der Waals surface area contributed by atoms with Crippen molar-refractivity contribution in [3.8, 4) is 0 Å². The van der Waals surface area contributed by atoms with E-state index in [1.54, 1.807) is 13.2 Å². The summed E-state index contributed by atoms with van der Waals surface area (Å²) in [4.78, 5) is 8.35. The monoisotopic (exact) mass is 495 g/mol. The fourth-order valence-electron chi connectivity index (χ4n) is 2.67. The third kappa shape index (κ3) is 6.88. The molecular formula is C20H23ClIN5. The van der Waals surface area contributed by atoms with Gasteiger partial charge in [-0.15, -0.1) is 24.0 Å². The number of hydrogen-bond acceptors (Lipinski definition) is 2. The van der Waals surface area contributed by atoms with Crippen LogP contribution in [-0.4, -0.2) is 22.6 Å². The SMILES string of the molecule is CN=C(NCc1cccc(Cl)c1)NCc1cccc(Cn2ccnc2)c1.I. The molecule has 2 aromatic carbocycles. The van der Waals surface area contributed by atoms with E-state index in [1.807, 2.05) is 36.8 Å². The molecule has 0 saturated heterocycles. The molecule has 5 nitrogen and oxygen atoms in total. The van der Waals surface area contributed by atoms with Crippen molar-refractivity contribution in [1.82, 2.24) is 20.2 Å². The fourth-order valence-corrected chi connectivity index (χ4v) is 2.88. The molecule has 2 N–H and O–H groups in total. The van der Waals surface area contributed by atoms with E-state index in [1.165, 1.54) is 11.1 Å². The number of rotatable bonds is 6. The van der Waals surface area contributed by atoms with E-state index in [2.05, 4.69) is 49.4 Å². The maximum absolute atomic E-state index is 6.02. The molecule has 1 heterocycles. The molecule has 142 valence electrons. The van der Waals surface area contributed by atoms with Gasteiger partial charge in [-0.3, -0.25) is 4.99 Å². The number of hydrogen-bond donors (Lipinski definition) is 2. The van der Waals surface area contributed by atoms with Crippen LogP contribution in [0.25, 0.3) is 0 Å². The average molecular weight is 496 g/mol. The van der Waals surface area contributed by atoms with Crippen molar-refractivity contribution < 1.29 is 0 Å². The molecule has 0 spiro atoms. The molecule has 7 heteroatoms. The zero-order chi connectivity index (χ0) is 18.2. The third-order valence-electron chi connectivity index (χ3n) is 3.95. The number of benzene rings is 2. The lowest BCUT2D eigenvalue weighted by Gasteiger charge is -2.13. The van der Waals surface area contributed by atoms with E-state index >= 15 is 0 Å². The molecule has 0 atom stereocenters. The van der Waals surface area contributed by atoms with Crippen LogP contribution < -0.4 is 10.6 Å². The van der Waals surface area contributed by atoms with E-state index in [9.17, 15) is 0 Å². The molecule has 0 radical (unpaired) electrons. The second-order valence-corrected chi connectivity index (χ2v) is 6.40. The maximum Gasteiger partial charge on any atom is 0.191 e. The Morgan fingerprint density at radius 3 is 2.33 bits per heavy atom. The Morgan fingerprint density at radius 1 is 1.04 bits per heavy atom. The first-order valence-corrected chi connectivity index (χ1v) is 8.83. The van der Waals surface area contributed by atoms with Crippen molar-refractivity contribution in [2.45, 2.75) is 19.6 Å². The zero-order valence-electron chi connectivity index (χ0n) is 15.1. The average Bonchev–Trinajstić information content (AvgIpc) is 3.15. The van der Waals surface area contributed by atoms with Gasteiger partial charge in [-0.05, 0) is 28.8 Å². The zero-order valence-corrected chi connectivity index (χ0v) is 18.2. The highest BCUT2D eigenvalue weighted by molar-refractivity contribution is 14.0. The number of nitrogens with zero attached hydrogens (tertiary/aromatic N) is 3. The summed E-state index contributed by atoms with van der Waals surface area (Å²) >= 11 is 6.02. The van der Waals surface area contributed by atoms with Gasteiger partial charge in [0.05, 0.1) is 6.33 Å². The van der Waals surface area contributed by atoms with Crippen molar-refractivity contribution in [2.24, 2.45) is 4.99 Å². The lowest BCUT2D eigenvalue weighted by molar-refractivity contribution is 0.787. The van der Waals surface area contributed by atoms with E-state index in [-0.39, 0.29) is 24.0 Å². The quantitative estimate of drug-likeness (QED) is 0.308. The summed E-state index contributed by atoms with van der Waals surface area (Å²) in [6, 6.07) is 16.3. The maximum atomic E-state index is 6.02. The number of halogens is 2. The fraction of sp³-hybridized carbons (Fsp3) is 0.200. The molecule has 3 rings (SSSR count). The van der Waals surface area contributed by atoms with Crippen LogP contribution in [0.4, 0.5) is 0 Å². The van der Waals surface area contributed by atoms with Gasteiger partial charge in [-0.2, -0.15) is 0 Å². The molecule has 0 aliphatic carbocycles. The van der Waals surface area contributed by atoms with Gasteiger partial charge in [0.15, 0.2) is 5.96 Å². The highest BCUT2D eigenvalue weighted by Crippen LogP contribution is 2.10. The van der Waals surface area contributed by atoms with Crippen molar-refractivity contribution in [3.63, 3.8) is 0 Å². The topological polar surface area (TPSA) is 54.2 Å². The number of aromatic nitrogens is 2. The van der Waals surface area contributed by atoms with Crippen LogP contribution in [0.2, 0.25) is 5.02 Å². The minimum Gasteiger partial charge on any atom is -0.352 e. The van der Waals surface area contributed by atoms with Crippen LogP contribution in [0.3, 0.4) is 0 Å². The summed E-state index contributed by atoms with van der Waals surface area (Å²) in [5.41, 5.74) is 3.56. The predicted octanol–water partition coefficient (Wildman–Crippen LogP) is 4.07. The standard InChI is InChI=1S/C20H22ClN5.HI/c1-22-20(25-13-17-5-3-7-19(21)11-17)24-12-16-4-2-6-18(10-16)14-26-9-8-23-15-26;/h2-11,15H,12-14H2,1H3,(H2,22,24,25);1H. The van der Waals surface area contributed by atoms with Crippen molar-refractivity contribution in [1.29, 1.82) is 0 Å². The summed E-state index contributed by atoms with van der Waals surface area (Å²) in [5.74, 6) is 0.755. The Hall–Kier alpha value is -2.06. The van der Waals surface area contributed by atoms with Crippen LogP contribution in [0.15, 0.2) is 72.2 Å². The van der Waals surface area contributed by atoms with Crippen LogP contribution in [-0.2, 0) is 19.6 Å². The van der Waals surface area contributed by atoms with Crippen LogP contribution in [0.1, 0.15) is 16.7 Å². The number of guanidine groups is 1. The summed E-state index contributed by atoms with van der Waals surface area (Å²) in [7, 11) is 1.77. The molecule has 0 aliphatic rings. The third-order valence-corrected chi connectivity index (χ3v) is 4.18. The van der Waals surface area contributed by atoms with Crippen molar-refractivity contribution in [2.75, 3.05) is 7.05 Å². The minimum atomic E-state index is 0. The number of imidazole rings is 1. The molecule has 3 aromatic rings. The summed E-state index contributed by atoms with van der Waals surface area (Å²) in [6.07, 6.45) is 5.58. The smallest absolute Gasteiger partial charge is 0.191 e. The molecule has 0 bridgehead atoms. The Kier molecular flexibility index (Phi) is 8.60. The first kappa shape index (κ1) is 21.2. The minimum absolute atomic E-state index is 0. The van der Waals surface area contributed by atoms with E-state index in [0.29, 0.717) is 13.1 Å². The first-order chi connectivity index (χ1) is 12.7. The van der Waals surface area contributed by atoms with Gasteiger partial charge < -0.3 is 15.2 Å². The highest BCUT2D eigenvalue weighted by Gasteiger charge is 2.01. The Morgan fingerprint density at radius 2 is 1.70 bits per heavy atom. The van der Waals surface area contributed by atoms with Gasteiger partial charge in [0, 0.05) is 44.1 Å². The van der Waals surface area contributed by atoms with Gasteiger partial charge in [-0.1, -0.05) is 48.0 Å². The van der Waals surface area contributed by atoms with Gasteiger partial charge in [0.1, 0.15) is 0 Å². The number of nitrogens with one attached hydrogen (secondary N) is 2. The molecule has 27 heavy (non-hydrogen) atoms. The molecule has 0 unspecified atom stereocenters. The highest BCUT2D eigenvalue weighted by atomic mass is 127. The molecule has 0 saturated carbocycles. The van der Waals surface area contributed by atoms with Crippen molar-refractivity contribution >= 4 is 41.5 Å². The van der Waals surface area contributed by atoms with E-state index < -0.39 is 0 Å². The molecular weight excluding hydrogens is 473 g/mol. The van der Waals surface area contributed by atoms with E-state index in [4.69, 9.17) is 11.6 Å². The van der Waals surface area contributed by atoms with Crippen molar-refractivity contribution in [3.05, 3.63) is 89.0 Å². The summed E-state index contributed by atoms with van der Waals surface area (Å²) in [5, 5.41) is 7.38. The molecule has 0 fully saturated rings. The lowest BCUT2D eigenvalue weighted by atomic mass is 10.1. The second kappa shape index (κ2) is 10.9. The Balaban J connectivity index is 0.00000261.